The molecule has 0 amide bonds. The first-order valence-electron chi connectivity index (χ1n) is 5.86. The zero-order chi connectivity index (χ0) is 14.5. The van der Waals surface area contributed by atoms with Crippen molar-refractivity contribution in [2.24, 2.45) is 0 Å². The smallest absolute Gasteiger partial charge is 0.228 e. The summed E-state index contributed by atoms with van der Waals surface area (Å²) in [5.41, 5.74) is 0.223. The van der Waals surface area contributed by atoms with Crippen LogP contribution in [0, 0.1) is 13.8 Å². The molecule has 0 bridgehead atoms. The Balaban J connectivity index is 2.30. The summed E-state index contributed by atoms with van der Waals surface area (Å²) in [5.74, 6) is 0. The number of hydrogen-bond acceptors (Lipinski definition) is 3. The number of thiophene rings is 1. The normalized spacial score (nSPS) is 12.2. The van der Waals surface area contributed by atoms with Gasteiger partial charge < -0.3 is 0 Å². The van der Waals surface area contributed by atoms with Gasteiger partial charge in [0, 0.05) is 10.9 Å². The molecule has 3 aromatic heterocycles. The molecule has 20 heavy (non-hydrogen) atoms. The van der Waals surface area contributed by atoms with Crippen molar-refractivity contribution in [2.45, 2.75) is 20.0 Å². The number of aromatic nitrogens is 3. The van der Waals surface area contributed by atoms with Crippen LogP contribution in [0.25, 0.3) is 16.2 Å². The number of alkyl halides is 3. The predicted octanol–water partition coefficient (Wildman–Crippen LogP) is 4.09. The lowest BCUT2D eigenvalue weighted by Crippen LogP contribution is -2.13. The first kappa shape index (κ1) is 13.1. The van der Waals surface area contributed by atoms with Gasteiger partial charge in [0.05, 0.1) is 16.3 Å². The molecule has 0 aliphatic carbocycles. The maximum Gasteiger partial charge on any atom is 0.433 e. The molecule has 0 aromatic carbocycles. The van der Waals surface area contributed by atoms with E-state index in [4.69, 9.17) is 0 Å². The van der Waals surface area contributed by atoms with E-state index >= 15 is 0 Å². The van der Waals surface area contributed by atoms with E-state index in [0.717, 1.165) is 15.5 Å². The fraction of sp³-hybridized carbons (Fsp3) is 0.231. The zero-order valence-electron chi connectivity index (χ0n) is 10.7. The van der Waals surface area contributed by atoms with E-state index < -0.39 is 11.9 Å². The molecule has 0 fully saturated rings. The average molecular weight is 297 g/mol. The minimum Gasteiger partial charge on any atom is -0.228 e. The first-order chi connectivity index (χ1) is 9.34. The van der Waals surface area contributed by atoms with Gasteiger partial charge in [-0.25, -0.2) is 9.50 Å². The van der Waals surface area contributed by atoms with Gasteiger partial charge in [0.1, 0.15) is 0 Å². The van der Waals surface area contributed by atoms with Crippen molar-refractivity contribution in [1.29, 1.82) is 0 Å². The highest BCUT2D eigenvalue weighted by Gasteiger charge is 2.35. The Kier molecular flexibility index (Phi) is 2.82. The summed E-state index contributed by atoms with van der Waals surface area (Å²) in [5, 5.41) is 3.86. The van der Waals surface area contributed by atoms with Crippen LogP contribution in [0.4, 0.5) is 13.2 Å². The standard InChI is InChI=1S/C13H10F3N3S/c1-7-5-12-17-9(10-4-3-8(2)20-10)6-11(13(14,15)16)19(12)18-7/h3-6H,1-2H3. The third-order valence-electron chi connectivity index (χ3n) is 2.83. The van der Waals surface area contributed by atoms with E-state index in [1.807, 2.05) is 13.0 Å². The highest BCUT2D eigenvalue weighted by molar-refractivity contribution is 7.15. The van der Waals surface area contributed by atoms with Crippen molar-refractivity contribution >= 4 is 17.0 Å². The number of hydrogen-bond donors (Lipinski definition) is 0. The lowest BCUT2D eigenvalue weighted by atomic mass is 10.2. The average Bonchev–Trinajstić information content (AvgIpc) is 2.91. The van der Waals surface area contributed by atoms with E-state index in [-0.39, 0.29) is 5.65 Å². The highest BCUT2D eigenvalue weighted by Crippen LogP contribution is 2.34. The summed E-state index contributed by atoms with van der Waals surface area (Å²) in [6, 6.07) is 6.23. The SMILES string of the molecule is Cc1cc2nc(-c3ccc(C)s3)cc(C(F)(F)F)n2n1. The van der Waals surface area contributed by atoms with Gasteiger partial charge in [-0.2, -0.15) is 18.3 Å². The van der Waals surface area contributed by atoms with Crippen LogP contribution in [0.2, 0.25) is 0 Å². The van der Waals surface area contributed by atoms with Crippen LogP contribution in [0.1, 0.15) is 16.3 Å². The Morgan fingerprint density at radius 2 is 1.90 bits per heavy atom. The quantitative estimate of drug-likeness (QED) is 0.677. The first-order valence-corrected chi connectivity index (χ1v) is 6.68. The molecule has 0 radical (unpaired) electrons. The number of halogens is 3. The van der Waals surface area contributed by atoms with Crippen molar-refractivity contribution in [3.05, 3.63) is 40.5 Å². The topological polar surface area (TPSA) is 30.2 Å². The minimum atomic E-state index is -4.47. The van der Waals surface area contributed by atoms with Gasteiger partial charge >= 0.3 is 6.18 Å². The largest absolute Gasteiger partial charge is 0.433 e. The van der Waals surface area contributed by atoms with E-state index in [2.05, 4.69) is 10.1 Å². The van der Waals surface area contributed by atoms with E-state index in [0.29, 0.717) is 16.3 Å². The molecule has 0 atom stereocenters. The number of rotatable bonds is 1. The van der Waals surface area contributed by atoms with E-state index in [9.17, 15) is 13.2 Å². The van der Waals surface area contributed by atoms with Crippen LogP contribution in [-0.4, -0.2) is 14.6 Å². The highest BCUT2D eigenvalue weighted by atomic mass is 32.1. The van der Waals surface area contributed by atoms with Gasteiger partial charge in [0.2, 0.25) is 0 Å². The summed E-state index contributed by atoms with van der Waals surface area (Å²) >= 11 is 1.42. The van der Waals surface area contributed by atoms with Crippen LogP contribution in [0.5, 0.6) is 0 Å². The number of fused-ring (bicyclic) bond motifs is 1. The fourth-order valence-electron chi connectivity index (χ4n) is 1.99. The number of nitrogens with zero attached hydrogens (tertiary/aromatic N) is 3. The third kappa shape index (κ3) is 2.18. The van der Waals surface area contributed by atoms with Crippen molar-refractivity contribution in [2.75, 3.05) is 0 Å². The summed E-state index contributed by atoms with van der Waals surface area (Å²) in [6.45, 7) is 3.55. The van der Waals surface area contributed by atoms with Gasteiger partial charge in [0.15, 0.2) is 11.3 Å². The second-order valence-corrected chi connectivity index (χ2v) is 5.78. The molecule has 3 heterocycles. The maximum absolute atomic E-state index is 13.1. The second kappa shape index (κ2) is 4.31. The molecule has 0 aliphatic heterocycles. The molecule has 3 aromatic rings. The molecule has 0 saturated heterocycles. The van der Waals surface area contributed by atoms with Crippen molar-refractivity contribution in [1.82, 2.24) is 14.6 Å². The van der Waals surface area contributed by atoms with Crippen molar-refractivity contribution in [3.63, 3.8) is 0 Å². The molecule has 104 valence electrons. The monoisotopic (exact) mass is 297 g/mol. The molecule has 3 nitrogen and oxygen atoms in total. The van der Waals surface area contributed by atoms with Crippen LogP contribution in [-0.2, 0) is 6.18 Å². The summed E-state index contributed by atoms with van der Waals surface area (Å²) < 4.78 is 40.3. The molecule has 0 N–H and O–H groups in total. The fourth-order valence-corrected chi connectivity index (χ4v) is 2.82. The second-order valence-electron chi connectivity index (χ2n) is 4.49. The Labute approximate surface area is 116 Å². The Morgan fingerprint density at radius 3 is 2.50 bits per heavy atom. The predicted molar refractivity (Wildman–Crippen MR) is 70.8 cm³/mol. The lowest BCUT2D eigenvalue weighted by molar-refractivity contribution is -0.142. The summed E-state index contributed by atoms with van der Waals surface area (Å²) in [6.07, 6.45) is -4.47. The van der Waals surface area contributed by atoms with Crippen LogP contribution in [0.15, 0.2) is 24.3 Å². The van der Waals surface area contributed by atoms with E-state index in [1.54, 1.807) is 19.1 Å². The molecule has 7 heteroatoms. The van der Waals surface area contributed by atoms with Crippen LogP contribution < -0.4 is 0 Å². The van der Waals surface area contributed by atoms with Gasteiger partial charge in [-0.3, -0.25) is 0 Å². The Morgan fingerprint density at radius 1 is 1.15 bits per heavy atom. The maximum atomic E-state index is 13.1. The summed E-state index contributed by atoms with van der Waals surface area (Å²) in [4.78, 5) is 6.01. The Bertz CT molecular complexity index is 786. The molecular formula is C13H10F3N3S. The summed E-state index contributed by atoms with van der Waals surface area (Å²) in [7, 11) is 0. The number of aryl methyl sites for hydroxylation is 2. The Hall–Kier alpha value is -1.89. The molecule has 0 saturated carbocycles. The van der Waals surface area contributed by atoms with Crippen LogP contribution in [0.3, 0.4) is 0 Å². The van der Waals surface area contributed by atoms with Crippen molar-refractivity contribution < 1.29 is 13.2 Å². The van der Waals surface area contributed by atoms with Gasteiger partial charge in [-0.05, 0) is 32.0 Å². The minimum absolute atomic E-state index is 0.207. The third-order valence-corrected chi connectivity index (χ3v) is 3.86. The molecule has 0 aliphatic rings. The van der Waals surface area contributed by atoms with Gasteiger partial charge in [-0.1, -0.05) is 0 Å². The van der Waals surface area contributed by atoms with Gasteiger partial charge in [0.25, 0.3) is 0 Å². The van der Waals surface area contributed by atoms with E-state index in [1.165, 1.54) is 11.3 Å². The van der Waals surface area contributed by atoms with Crippen molar-refractivity contribution in [3.8, 4) is 10.6 Å². The molecular weight excluding hydrogens is 287 g/mol. The molecule has 3 rings (SSSR count). The molecule has 0 unspecified atom stereocenters. The lowest BCUT2D eigenvalue weighted by Gasteiger charge is -2.10. The zero-order valence-corrected chi connectivity index (χ0v) is 11.5. The van der Waals surface area contributed by atoms with Gasteiger partial charge in [-0.15, -0.1) is 11.3 Å². The van der Waals surface area contributed by atoms with Crippen LogP contribution >= 0.6 is 11.3 Å². The molecule has 0 spiro atoms.